The van der Waals surface area contributed by atoms with E-state index in [0.29, 0.717) is 9.76 Å². The summed E-state index contributed by atoms with van der Waals surface area (Å²) in [5.41, 5.74) is 0. The quantitative estimate of drug-likeness (QED) is 0.549. The third-order valence-corrected chi connectivity index (χ3v) is 15.4. The minimum Gasteiger partial charge on any atom is -0.436 e. The second-order valence-electron chi connectivity index (χ2n) is 4.56. The minimum atomic E-state index is -1.89. The van der Waals surface area contributed by atoms with Crippen molar-refractivity contribution < 1.29 is 8.23 Å². The van der Waals surface area contributed by atoms with E-state index in [1.165, 1.54) is 18.1 Å². The van der Waals surface area contributed by atoms with Gasteiger partial charge in [0.25, 0.3) is 0 Å². The molecule has 0 rings (SSSR count). The normalized spacial score (nSPS) is 13.1. The molecule has 5 heteroatoms. The van der Waals surface area contributed by atoms with Crippen molar-refractivity contribution in [3.05, 3.63) is 0 Å². The fourth-order valence-corrected chi connectivity index (χ4v) is 13.5. The molecule has 0 amide bonds. The van der Waals surface area contributed by atoms with E-state index < -0.39 is 16.9 Å². The molecule has 0 fully saturated rings. The van der Waals surface area contributed by atoms with E-state index in [2.05, 4.69) is 41.5 Å². The molecule has 0 unspecified atom stereocenters. The van der Waals surface area contributed by atoms with Crippen molar-refractivity contribution in [2.45, 2.75) is 77.8 Å². The third-order valence-electron chi connectivity index (χ3n) is 3.82. The van der Waals surface area contributed by atoms with Gasteiger partial charge in [-0.05, 0) is 36.3 Å². The van der Waals surface area contributed by atoms with Gasteiger partial charge in [0.2, 0.25) is 9.76 Å². The highest BCUT2D eigenvalue weighted by Crippen LogP contribution is 2.30. The van der Waals surface area contributed by atoms with E-state index in [9.17, 15) is 0 Å². The first-order chi connectivity index (χ1) is 8.07. The van der Waals surface area contributed by atoms with Gasteiger partial charge >= 0.3 is 8.56 Å². The van der Waals surface area contributed by atoms with E-state index in [1.807, 2.05) is 0 Å². The van der Waals surface area contributed by atoms with Crippen LogP contribution >= 0.6 is 0 Å². The van der Waals surface area contributed by atoms with Gasteiger partial charge in [-0.2, -0.15) is 0 Å². The molecule has 0 aromatic heterocycles. The summed E-state index contributed by atoms with van der Waals surface area (Å²) in [7, 11) is -2.76. The fourth-order valence-electron chi connectivity index (χ4n) is 2.12. The predicted molar refractivity (Wildman–Crippen MR) is 82.3 cm³/mol. The van der Waals surface area contributed by atoms with Crippen LogP contribution in [-0.2, 0) is 8.23 Å². The Morgan fingerprint density at radius 3 is 1.53 bits per heavy atom. The standard InChI is InChI=1S/C12H30O2Si3/c1-7-15-13-17(11-5,12-6)14-16(8-2,9-3)10-4/h7-12H2,1-6H3. The van der Waals surface area contributed by atoms with E-state index >= 15 is 0 Å². The Kier molecular flexibility index (Phi) is 8.92. The summed E-state index contributed by atoms with van der Waals surface area (Å²) < 4.78 is 13.0. The van der Waals surface area contributed by atoms with Crippen LogP contribution in [0.1, 0.15) is 41.5 Å². The summed E-state index contributed by atoms with van der Waals surface area (Å²) in [6.07, 6.45) is 0. The molecule has 2 radical (unpaired) electrons. The van der Waals surface area contributed by atoms with E-state index in [-0.39, 0.29) is 0 Å². The Hall–Kier alpha value is 0.571. The van der Waals surface area contributed by atoms with Gasteiger partial charge in [0.05, 0.1) is 0 Å². The smallest absolute Gasteiger partial charge is 0.316 e. The van der Waals surface area contributed by atoms with Gasteiger partial charge in [0, 0.05) is 0 Å². The molecule has 0 aliphatic heterocycles. The van der Waals surface area contributed by atoms with Gasteiger partial charge in [-0.25, -0.2) is 0 Å². The molecule has 0 saturated carbocycles. The molecular weight excluding hydrogens is 260 g/mol. The molecule has 0 aromatic rings. The molecule has 0 saturated heterocycles. The summed E-state index contributed by atoms with van der Waals surface area (Å²) >= 11 is 0. The van der Waals surface area contributed by atoms with Gasteiger partial charge in [-0.1, -0.05) is 41.5 Å². The average Bonchev–Trinajstić information content (AvgIpc) is 2.41. The molecule has 2 nitrogen and oxygen atoms in total. The van der Waals surface area contributed by atoms with Crippen LogP contribution in [0, 0.1) is 0 Å². The van der Waals surface area contributed by atoms with Gasteiger partial charge in [0.15, 0.2) is 8.32 Å². The molecule has 102 valence electrons. The Balaban J connectivity index is 4.81. The summed E-state index contributed by atoms with van der Waals surface area (Å²) in [6.45, 7) is 13.6. The topological polar surface area (TPSA) is 18.5 Å². The van der Waals surface area contributed by atoms with Crippen LogP contribution in [-0.4, -0.2) is 26.6 Å². The van der Waals surface area contributed by atoms with E-state index in [4.69, 9.17) is 8.23 Å². The second-order valence-corrected chi connectivity index (χ2v) is 14.9. The molecule has 0 spiro atoms. The fraction of sp³-hybridized carbons (Fsp3) is 1.00. The molecule has 0 aliphatic rings. The Morgan fingerprint density at radius 2 is 1.24 bits per heavy atom. The summed E-state index contributed by atoms with van der Waals surface area (Å²) in [5, 5.41) is 0. The average molecular weight is 291 g/mol. The summed E-state index contributed by atoms with van der Waals surface area (Å²) in [6, 6.07) is 7.02. The van der Waals surface area contributed by atoms with Crippen molar-refractivity contribution in [3.8, 4) is 0 Å². The van der Waals surface area contributed by atoms with Crippen molar-refractivity contribution in [2.24, 2.45) is 0 Å². The lowest BCUT2D eigenvalue weighted by Gasteiger charge is -2.40. The molecule has 17 heavy (non-hydrogen) atoms. The number of hydrogen-bond donors (Lipinski definition) is 0. The second kappa shape index (κ2) is 8.63. The maximum Gasteiger partial charge on any atom is 0.316 e. The lowest BCUT2D eigenvalue weighted by atomic mass is 10.9. The monoisotopic (exact) mass is 290 g/mol. The zero-order valence-corrected chi connectivity index (χ0v) is 15.6. The highest BCUT2D eigenvalue weighted by Gasteiger charge is 2.42. The molecule has 0 atom stereocenters. The molecule has 0 heterocycles. The minimum absolute atomic E-state index is 0.629. The van der Waals surface area contributed by atoms with Crippen molar-refractivity contribution in [1.82, 2.24) is 0 Å². The maximum atomic E-state index is 6.74. The largest absolute Gasteiger partial charge is 0.436 e. The summed E-state index contributed by atoms with van der Waals surface area (Å²) in [5.74, 6) is 0. The molecule has 0 aromatic carbocycles. The van der Waals surface area contributed by atoms with Crippen LogP contribution < -0.4 is 0 Å². The lowest BCUT2D eigenvalue weighted by Crippen LogP contribution is -2.52. The first-order valence-electron chi connectivity index (χ1n) is 7.18. The van der Waals surface area contributed by atoms with Crippen LogP contribution in [0.25, 0.3) is 0 Å². The first kappa shape index (κ1) is 17.6. The molecule has 0 N–H and O–H groups in total. The Bertz CT molecular complexity index is 184. The van der Waals surface area contributed by atoms with Crippen LogP contribution in [0.5, 0.6) is 0 Å². The third kappa shape index (κ3) is 4.98. The lowest BCUT2D eigenvalue weighted by molar-refractivity contribution is 0.381. The molecular formula is C12H30O2Si3. The maximum absolute atomic E-state index is 6.74. The SMILES string of the molecule is CC[Si]O[Si](CC)(CC)O[Si](CC)(CC)CC. The Labute approximate surface area is 113 Å². The van der Waals surface area contributed by atoms with Crippen molar-refractivity contribution in [2.75, 3.05) is 0 Å². The van der Waals surface area contributed by atoms with Crippen LogP contribution in [0.3, 0.4) is 0 Å². The van der Waals surface area contributed by atoms with Gasteiger partial charge in [0.1, 0.15) is 0 Å². The van der Waals surface area contributed by atoms with Gasteiger partial charge < -0.3 is 8.23 Å². The van der Waals surface area contributed by atoms with Crippen LogP contribution in [0.4, 0.5) is 0 Å². The highest BCUT2D eigenvalue weighted by atomic mass is 28.5. The van der Waals surface area contributed by atoms with E-state index in [0.717, 1.165) is 18.1 Å². The highest BCUT2D eigenvalue weighted by molar-refractivity contribution is 6.85. The van der Waals surface area contributed by atoms with Gasteiger partial charge in [-0.15, -0.1) is 0 Å². The van der Waals surface area contributed by atoms with Gasteiger partial charge in [-0.3, -0.25) is 0 Å². The Morgan fingerprint density at radius 1 is 0.765 bits per heavy atom. The predicted octanol–water partition coefficient (Wildman–Crippen LogP) is 4.56. The van der Waals surface area contributed by atoms with Crippen molar-refractivity contribution in [1.29, 1.82) is 0 Å². The van der Waals surface area contributed by atoms with Crippen LogP contribution in [0.15, 0.2) is 0 Å². The summed E-state index contributed by atoms with van der Waals surface area (Å²) in [4.78, 5) is 0. The van der Waals surface area contributed by atoms with Crippen LogP contribution in [0.2, 0.25) is 36.3 Å². The van der Waals surface area contributed by atoms with E-state index in [1.54, 1.807) is 0 Å². The first-order valence-corrected chi connectivity index (χ1v) is 13.1. The zero-order chi connectivity index (χ0) is 13.4. The van der Waals surface area contributed by atoms with Crippen molar-refractivity contribution in [3.63, 3.8) is 0 Å². The number of hydrogen-bond acceptors (Lipinski definition) is 2. The number of rotatable bonds is 10. The molecule has 0 bridgehead atoms. The van der Waals surface area contributed by atoms with Crippen molar-refractivity contribution >= 4 is 26.6 Å². The zero-order valence-electron chi connectivity index (χ0n) is 12.6. The molecule has 0 aliphatic carbocycles.